The number of rotatable bonds is 2. The van der Waals surface area contributed by atoms with Crippen LogP contribution in [0, 0.1) is 0 Å². The van der Waals surface area contributed by atoms with Crippen LogP contribution in [-0.4, -0.2) is 37.5 Å². The molecule has 0 saturated carbocycles. The summed E-state index contributed by atoms with van der Waals surface area (Å²) in [7, 11) is 1.73. The SMILES string of the molecule is COC1CCC(CO)NC1. The monoisotopic (exact) mass is 145 g/mol. The number of piperidine rings is 1. The number of nitrogens with one attached hydrogen (secondary N) is 1. The molecule has 0 aromatic heterocycles. The van der Waals surface area contributed by atoms with E-state index >= 15 is 0 Å². The lowest BCUT2D eigenvalue weighted by Gasteiger charge is -2.27. The largest absolute Gasteiger partial charge is 0.395 e. The molecular weight excluding hydrogens is 130 g/mol. The lowest BCUT2D eigenvalue weighted by molar-refractivity contribution is 0.0617. The molecule has 1 saturated heterocycles. The van der Waals surface area contributed by atoms with Crippen LogP contribution in [0.4, 0.5) is 0 Å². The maximum Gasteiger partial charge on any atom is 0.0696 e. The quantitative estimate of drug-likeness (QED) is 0.563. The summed E-state index contributed by atoms with van der Waals surface area (Å²) in [4.78, 5) is 0. The van der Waals surface area contributed by atoms with Gasteiger partial charge in [-0.2, -0.15) is 0 Å². The van der Waals surface area contributed by atoms with Gasteiger partial charge in [0.25, 0.3) is 0 Å². The van der Waals surface area contributed by atoms with Crippen molar-refractivity contribution in [2.75, 3.05) is 20.3 Å². The Morgan fingerprint density at radius 3 is 2.80 bits per heavy atom. The van der Waals surface area contributed by atoms with Gasteiger partial charge in [-0.25, -0.2) is 0 Å². The zero-order valence-corrected chi connectivity index (χ0v) is 6.34. The molecule has 1 fully saturated rings. The first-order valence-electron chi connectivity index (χ1n) is 3.74. The summed E-state index contributed by atoms with van der Waals surface area (Å²) >= 11 is 0. The summed E-state index contributed by atoms with van der Waals surface area (Å²) in [6, 6.07) is 0.298. The van der Waals surface area contributed by atoms with Crippen molar-refractivity contribution < 1.29 is 9.84 Å². The normalized spacial score (nSPS) is 34.2. The van der Waals surface area contributed by atoms with E-state index in [-0.39, 0.29) is 6.61 Å². The minimum Gasteiger partial charge on any atom is -0.395 e. The fourth-order valence-electron chi connectivity index (χ4n) is 1.25. The Morgan fingerprint density at radius 2 is 2.40 bits per heavy atom. The van der Waals surface area contributed by atoms with E-state index in [9.17, 15) is 0 Å². The van der Waals surface area contributed by atoms with Crippen molar-refractivity contribution in [3.05, 3.63) is 0 Å². The van der Waals surface area contributed by atoms with Crippen LogP contribution in [0.15, 0.2) is 0 Å². The van der Waals surface area contributed by atoms with Gasteiger partial charge in [0, 0.05) is 19.7 Å². The number of hydrogen-bond acceptors (Lipinski definition) is 3. The van der Waals surface area contributed by atoms with Crippen molar-refractivity contribution in [2.24, 2.45) is 0 Å². The average molecular weight is 145 g/mol. The van der Waals surface area contributed by atoms with E-state index in [0.717, 1.165) is 19.4 Å². The summed E-state index contributed by atoms with van der Waals surface area (Å²) in [6.45, 7) is 1.12. The van der Waals surface area contributed by atoms with Crippen molar-refractivity contribution in [3.8, 4) is 0 Å². The highest BCUT2D eigenvalue weighted by atomic mass is 16.5. The first-order chi connectivity index (χ1) is 4.86. The van der Waals surface area contributed by atoms with Crippen LogP contribution >= 0.6 is 0 Å². The molecule has 2 atom stereocenters. The molecule has 3 nitrogen and oxygen atoms in total. The molecule has 1 aliphatic rings. The molecule has 0 spiro atoms. The molecular formula is C7H15NO2. The van der Waals surface area contributed by atoms with Gasteiger partial charge in [0.1, 0.15) is 0 Å². The minimum absolute atomic E-state index is 0.246. The Bertz CT molecular complexity index is 77.6. The zero-order valence-electron chi connectivity index (χ0n) is 6.34. The van der Waals surface area contributed by atoms with E-state index in [0.29, 0.717) is 12.1 Å². The minimum atomic E-state index is 0.246. The highest BCUT2D eigenvalue weighted by Gasteiger charge is 2.18. The molecule has 2 N–H and O–H groups in total. The van der Waals surface area contributed by atoms with Crippen LogP contribution in [0.25, 0.3) is 0 Å². The van der Waals surface area contributed by atoms with Gasteiger partial charge in [-0.3, -0.25) is 0 Å². The van der Waals surface area contributed by atoms with Crippen molar-refractivity contribution >= 4 is 0 Å². The van der Waals surface area contributed by atoms with Crippen molar-refractivity contribution in [3.63, 3.8) is 0 Å². The van der Waals surface area contributed by atoms with Crippen molar-refractivity contribution in [1.29, 1.82) is 0 Å². The Balaban J connectivity index is 2.17. The Labute approximate surface area is 61.4 Å². The molecule has 0 amide bonds. The van der Waals surface area contributed by atoms with Gasteiger partial charge in [-0.05, 0) is 12.8 Å². The Hall–Kier alpha value is -0.120. The summed E-state index contributed by atoms with van der Waals surface area (Å²) < 4.78 is 5.14. The smallest absolute Gasteiger partial charge is 0.0696 e. The molecule has 0 bridgehead atoms. The van der Waals surface area contributed by atoms with E-state index in [1.807, 2.05) is 0 Å². The second-order valence-corrected chi connectivity index (χ2v) is 2.72. The third-order valence-corrected chi connectivity index (χ3v) is 2.03. The molecule has 1 rings (SSSR count). The predicted molar refractivity (Wildman–Crippen MR) is 38.9 cm³/mol. The summed E-state index contributed by atoms with van der Waals surface area (Å²) in [5, 5.41) is 11.9. The molecule has 0 aliphatic carbocycles. The lowest BCUT2D eigenvalue weighted by atomic mass is 10.0. The topological polar surface area (TPSA) is 41.5 Å². The molecule has 1 aliphatic heterocycles. The lowest BCUT2D eigenvalue weighted by Crippen LogP contribution is -2.44. The fraction of sp³-hybridized carbons (Fsp3) is 1.00. The highest BCUT2D eigenvalue weighted by molar-refractivity contribution is 4.76. The second-order valence-electron chi connectivity index (χ2n) is 2.72. The standard InChI is InChI=1S/C7H15NO2/c1-10-7-3-2-6(5-9)8-4-7/h6-9H,2-5H2,1H3. The van der Waals surface area contributed by atoms with Gasteiger partial charge < -0.3 is 15.2 Å². The maximum absolute atomic E-state index is 8.75. The van der Waals surface area contributed by atoms with Gasteiger partial charge in [0.2, 0.25) is 0 Å². The van der Waals surface area contributed by atoms with Crippen LogP contribution in [0.3, 0.4) is 0 Å². The van der Waals surface area contributed by atoms with Gasteiger partial charge in [-0.1, -0.05) is 0 Å². The van der Waals surface area contributed by atoms with Gasteiger partial charge >= 0.3 is 0 Å². The van der Waals surface area contributed by atoms with Gasteiger partial charge in [0.05, 0.1) is 12.7 Å². The van der Waals surface area contributed by atoms with Crippen LogP contribution in [0.5, 0.6) is 0 Å². The zero-order chi connectivity index (χ0) is 7.40. The van der Waals surface area contributed by atoms with E-state index in [4.69, 9.17) is 9.84 Å². The summed E-state index contributed by atoms with van der Waals surface area (Å²) in [5.74, 6) is 0. The molecule has 3 heteroatoms. The van der Waals surface area contributed by atoms with Crippen LogP contribution < -0.4 is 5.32 Å². The average Bonchev–Trinajstić information content (AvgIpc) is 2.05. The molecule has 10 heavy (non-hydrogen) atoms. The third kappa shape index (κ3) is 1.94. The molecule has 0 aromatic rings. The Kier molecular flexibility index (Phi) is 3.12. The van der Waals surface area contributed by atoms with Crippen LogP contribution in [0.2, 0.25) is 0 Å². The molecule has 60 valence electrons. The van der Waals surface area contributed by atoms with Crippen LogP contribution in [0.1, 0.15) is 12.8 Å². The predicted octanol–water partition coefficient (Wildman–Crippen LogP) is -0.254. The van der Waals surface area contributed by atoms with E-state index < -0.39 is 0 Å². The van der Waals surface area contributed by atoms with Crippen molar-refractivity contribution in [1.82, 2.24) is 5.32 Å². The Morgan fingerprint density at radius 1 is 1.60 bits per heavy atom. The number of methoxy groups -OCH3 is 1. The second kappa shape index (κ2) is 3.91. The first-order valence-corrected chi connectivity index (χ1v) is 3.74. The highest BCUT2D eigenvalue weighted by Crippen LogP contribution is 2.09. The first kappa shape index (κ1) is 7.98. The van der Waals surface area contributed by atoms with Crippen LogP contribution in [-0.2, 0) is 4.74 Å². The van der Waals surface area contributed by atoms with E-state index in [2.05, 4.69) is 5.32 Å². The molecule has 0 radical (unpaired) electrons. The number of aliphatic hydroxyl groups is 1. The molecule has 1 heterocycles. The van der Waals surface area contributed by atoms with E-state index in [1.54, 1.807) is 7.11 Å². The molecule has 0 aromatic carbocycles. The molecule has 2 unspecified atom stereocenters. The summed E-state index contributed by atoms with van der Waals surface area (Å²) in [5.41, 5.74) is 0. The third-order valence-electron chi connectivity index (χ3n) is 2.03. The number of aliphatic hydroxyl groups excluding tert-OH is 1. The van der Waals surface area contributed by atoms with E-state index in [1.165, 1.54) is 0 Å². The van der Waals surface area contributed by atoms with Crippen molar-refractivity contribution in [2.45, 2.75) is 25.0 Å². The maximum atomic E-state index is 8.75. The number of hydrogen-bond donors (Lipinski definition) is 2. The number of ether oxygens (including phenoxy) is 1. The van der Waals surface area contributed by atoms with Gasteiger partial charge in [0.15, 0.2) is 0 Å². The summed E-state index contributed by atoms with van der Waals surface area (Å²) in [6.07, 6.45) is 2.44. The van der Waals surface area contributed by atoms with Gasteiger partial charge in [-0.15, -0.1) is 0 Å². The fourth-order valence-corrected chi connectivity index (χ4v) is 1.25.